The average Bonchev–Trinajstić information content (AvgIpc) is 2.65. The third kappa shape index (κ3) is 3.52. The van der Waals surface area contributed by atoms with Gasteiger partial charge in [0, 0.05) is 25.4 Å². The van der Waals surface area contributed by atoms with Crippen LogP contribution < -0.4 is 4.72 Å². The molecule has 0 aromatic carbocycles. The Bertz CT molecular complexity index is 469. The van der Waals surface area contributed by atoms with Crippen LogP contribution in [0.25, 0.3) is 0 Å². The molecule has 1 rings (SSSR count). The second kappa shape index (κ2) is 5.16. The first kappa shape index (κ1) is 14.1. The molecule has 0 aliphatic rings. The molecule has 0 spiro atoms. The zero-order chi connectivity index (χ0) is 13.1. The summed E-state index contributed by atoms with van der Waals surface area (Å²) in [6.07, 6.45) is 3.84. The molecule has 0 aliphatic carbocycles. The number of rotatable bonds is 6. The molecule has 6 nitrogen and oxygen atoms in total. The fourth-order valence-corrected chi connectivity index (χ4v) is 2.94. The largest absolute Gasteiger partial charge is 0.396 e. The van der Waals surface area contributed by atoms with Gasteiger partial charge in [-0.3, -0.25) is 0 Å². The number of sulfonamides is 1. The topological polar surface area (TPSA) is 84.2 Å². The van der Waals surface area contributed by atoms with E-state index in [1.807, 2.05) is 6.92 Å². The molecule has 1 atom stereocenters. The van der Waals surface area contributed by atoms with Crippen molar-refractivity contribution in [1.29, 1.82) is 0 Å². The van der Waals surface area contributed by atoms with Crippen LogP contribution >= 0.6 is 0 Å². The van der Waals surface area contributed by atoms with Crippen molar-refractivity contribution in [3.05, 3.63) is 12.5 Å². The summed E-state index contributed by atoms with van der Waals surface area (Å²) in [6, 6.07) is 0. The van der Waals surface area contributed by atoms with Crippen LogP contribution in [0.3, 0.4) is 0 Å². The van der Waals surface area contributed by atoms with Crippen molar-refractivity contribution >= 4 is 10.0 Å². The van der Waals surface area contributed by atoms with Crippen LogP contribution in [0, 0.1) is 0 Å². The van der Waals surface area contributed by atoms with Crippen molar-refractivity contribution < 1.29 is 13.5 Å². The lowest BCUT2D eigenvalue weighted by atomic mass is 9.97. The van der Waals surface area contributed by atoms with Gasteiger partial charge in [0.1, 0.15) is 0 Å². The number of aliphatic hydroxyl groups excluding tert-OH is 1. The van der Waals surface area contributed by atoms with Crippen LogP contribution in [0.15, 0.2) is 17.6 Å². The molecule has 0 saturated heterocycles. The Morgan fingerprint density at radius 1 is 1.59 bits per heavy atom. The lowest BCUT2D eigenvalue weighted by Crippen LogP contribution is -2.46. The van der Waals surface area contributed by atoms with Crippen molar-refractivity contribution in [3.63, 3.8) is 0 Å². The van der Waals surface area contributed by atoms with Crippen molar-refractivity contribution in [3.8, 4) is 0 Å². The van der Waals surface area contributed by atoms with Gasteiger partial charge in [-0.15, -0.1) is 0 Å². The molecule has 0 saturated carbocycles. The van der Waals surface area contributed by atoms with E-state index in [0.29, 0.717) is 12.8 Å². The standard InChI is InChI=1S/C10H19N3O3S/c1-4-10(2,5-6-14)12-17(15,16)9-7-13(3)8-11-9/h7-8,12,14H,4-6H2,1-3H3. The molecule has 0 fully saturated rings. The average molecular weight is 261 g/mol. The molecule has 98 valence electrons. The highest BCUT2D eigenvalue weighted by Gasteiger charge is 2.29. The Kier molecular flexibility index (Phi) is 4.29. The number of imidazole rings is 1. The summed E-state index contributed by atoms with van der Waals surface area (Å²) in [5.41, 5.74) is -0.648. The lowest BCUT2D eigenvalue weighted by Gasteiger charge is -2.27. The molecule has 0 amide bonds. The molecule has 0 radical (unpaired) electrons. The van der Waals surface area contributed by atoms with Gasteiger partial charge < -0.3 is 9.67 Å². The molecule has 17 heavy (non-hydrogen) atoms. The third-order valence-corrected chi connectivity index (χ3v) is 4.30. The first-order chi connectivity index (χ1) is 7.83. The van der Waals surface area contributed by atoms with Gasteiger partial charge in [0.05, 0.1) is 6.33 Å². The molecule has 7 heteroatoms. The smallest absolute Gasteiger partial charge is 0.260 e. The van der Waals surface area contributed by atoms with E-state index in [4.69, 9.17) is 5.11 Å². The summed E-state index contributed by atoms with van der Waals surface area (Å²) in [5, 5.41) is 8.95. The van der Waals surface area contributed by atoms with Gasteiger partial charge in [-0.2, -0.15) is 0 Å². The molecule has 1 aromatic rings. The van der Waals surface area contributed by atoms with E-state index in [1.54, 1.807) is 18.5 Å². The van der Waals surface area contributed by atoms with Gasteiger partial charge in [-0.25, -0.2) is 18.1 Å². The Morgan fingerprint density at radius 2 is 2.24 bits per heavy atom. The van der Waals surface area contributed by atoms with Gasteiger partial charge in [-0.1, -0.05) is 6.92 Å². The zero-order valence-corrected chi connectivity index (χ0v) is 11.2. The van der Waals surface area contributed by atoms with Gasteiger partial charge in [0.25, 0.3) is 10.0 Å². The number of hydrogen-bond donors (Lipinski definition) is 2. The summed E-state index contributed by atoms with van der Waals surface area (Å²) in [7, 11) is -1.92. The summed E-state index contributed by atoms with van der Waals surface area (Å²) >= 11 is 0. The lowest BCUT2D eigenvalue weighted by molar-refractivity contribution is 0.233. The van der Waals surface area contributed by atoms with Crippen molar-refractivity contribution in [2.24, 2.45) is 7.05 Å². The first-order valence-electron chi connectivity index (χ1n) is 5.46. The third-order valence-electron chi connectivity index (χ3n) is 2.78. The Balaban J connectivity index is 2.93. The SMILES string of the molecule is CCC(C)(CCO)NS(=O)(=O)c1cn(C)cn1. The van der Waals surface area contributed by atoms with Crippen LogP contribution in [-0.4, -0.2) is 35.2 Å². The van der Waals surface area contributed by atoms with Crippen LogP contribution in [-0.2, 0) is 17.1 Å². The highest BCUT2D eigenvalue weighted by atomic mass is 32.2. The van der Waals surface area contributed by atoms with Crippen LogP contribution in [0.4, 0.5) is 0 Å². The molecule has 1 aromatic heterocycles. The highest BCUT2D eigenvalue weighted by molar-refractivity contribution is 7.89. The van der Waals surface area contributed by atoms with Crippen LogP contribution in [0.2, 0.25) is 0 Å². The summed E-state index contributed by atoms with van der Waals surface area (Å²) in [6.45, 7) is 3.58. The van der Waals surface area contributed by atoms with Gasteiger partial charge in [0.2, 0.25) is 0 Å². The summed E-state index contributed by atoms with van der Waals surface area (Å²) in [5.74, 6) is 0. The minimum absolute atomic E-state index is 0.00221. The number of nitrogens with zero attached hydrogens (tertiary/aromatic N) is 2. The number of aryl methyl sites for hydroxylation is 1. The molecular formula is C10H19N3O3S. The van der Waals surface area contributed by atoms with Gasteiger partial charge in [-0.05, 0) is 19.8 Å². The maximum atomic E-state index is 12.0. The van der Waals surface area contributed by atoms with E-state index in [0.717, 1.165) is 0 Å². The number of nitrogens with one attached hydrogen (secondary N) is 1. The number of hydrogen-bond acceptors (Lipinski definition) is 4. The molecular weight excluding hydrogens is 242 g/mol. The maximum absolute atomic E-state index is 12.0. The van der Waals surface area contributed by atoms with Crippen LogP contribution in [0.5, 0.6) is 0 Å². The predicted octanol–water partition coefficient (Wildman–Crippen LogP) is 0.249. The molecule has 1 unspecified atom stereocenters. The van der Waals surface area contributed by atoms with E-state index < -0.39 is 15.6 Å². The molecule has 2 N–H and O–H groups in total. The predicted molar refractivity (Wildman–Crippen MR) is 63.9 cm³/mol. The second-order valence-corrected chi connectivity index (χ2v) is 6.00. The maximum Gasteiger partial charge on any atom is 0.260 e. The second-order valence-electron chi connectivity index (χ2n) is 4.37. The first-order valence-corrected chi connectivity index (χ1v) is 6.94. The number of aliphatic hydroxyl groups is 1. The fraction of sp³-hybridized carbons (Fsp3) is 0.700. The zero-order valence-electron chi connectivity index (χ0n) is 10.3. The molecule has 0 aliphatic heterocycles. The molecule has 1 heterocycles. The van der Waals surface area contributed by atoms with E-state index in [1.165, 1.54) is 12.5 Å². The normalized spacial score (nSPS) is 15.8. The van der Waals surface area contributed by atoms with E-state index >= 15 is 0 Å². The molecule has 0 bridgehead atoms. The van der Waals surface area contributed by atoms with Gasteiger partial charge >= 0.3 is 0 Å². The Morgan fingerprint density at radius 3 is 2.65 bits per heavy atom. The summed E-state index contributed by atoms with van der Waals surface area (Å²) < 4.78 is 28.2. The van der Waals surface area contributed by atoms with E-state index in [9.17, 15) is 8.42 Å². The Labute approximate surface area is 102 Å². The quantitative estimate of drug-likeness (QED) is 0.769. The Hall–Kier alpha value is -0.920. The van der Waals surface area contributed by atoms with Crippen molar-refractivity contribution in [2.45, 2.75) is 37.3 Å². The van der Waals surface area contributed by atoms with E-state index in [-0.39, 0.29) is 11.6 Å². The highest BCUT2D eigenvalue weighted by Crippen LogP contribution is 2.17. The van der Waals surface area contributed by atoms with Crippen molar-refractivity contribution in [1.82, 2.24) is 14.3 Å². The van der Waals surface area contributed by atoms with Crippen LogP contribution in [0.1, 0.15) is 26.7 Å². The van der Waals surface area contributed by atoms with Gasteiger partial charge in [0.15, 0.2) is 5.03 Å². The summed E-state index contributed by atoms with van der Waals surface area (Å²) in [4.78, 5) is 3.82. The monoisotopic (exact) mass is 261 g/mol. The van der Waals surface area contributed by atoms with E-state index in [2.05, 4.69) is 9.71 Å². The fourth-order valence-electron chi connectivity index (χ4n) is 1.45. The van der Waals surface area contributed by atoms with Crippen molar-refractivity contribution in [2.75, 3.05) is 6.61 Å². The number of aromatic nitrogens is 2. The minimum Gasteiger partial charge on any atom is -0.396 e. The minimum atomic E-state index is -3.62.